The van der Waals surface area contributed by atoms with Gasteiger partial charge in [0.2, 0.25) is 0 Å². The van der Waals surface area contributed by atoms with E-state index in [2.05, 4.69) is 10.1 Å². The molecule has 0 saturated heterocycles. The van der Waals surface area contributed by atoms with Crippen LogP contribution in [0.25, 0.3) is 10.9 Å². The molecule has 0 saturated carbocycles. The Morgan fingerprint density at radius 1 is 1.18 bits per heavy atom. The first-order chi connectivity index (χ1) is 10.7. The number of aryl methyl sites for hydroxylation is 1. The summed E-state index contributed by atoms with van der Waals surface area (Å²) in [6.45, 7) is 0.647. The quantitative estimate of drug-likeness (QED) is 0.742. The number of likely N-dealkylation sites (N-methyl/N-ethyl adjacent to an activating group) is 1. The number of nitrogens with zero attached hydrogens (tertiary/aromatic N) is 4. The highest BCUT2D eigenvalue weighted by molar-refractivity contribution is 6.04. The minimum absolute atomic E-state index is 0.0501. The fraction of sp³-hybridized carbons (Fsp3) is 0.235. The Hall–Kier alpha value is -2.69. The molecule has 0 aliphatic rings. The van der Waals surface area contributed by atoms with Gasteiger partial charge in [-0.25, -0.2) is 0 Å². The molecule has 1 amide bonds. The van der Waals surface area contributed by atoms with Crippen LogP contribution in [0.5, 0.6) is 0 Å². The zero-order chi connectivity index (χ0) is 15.5. The van der Waals surface area contributed by atoms with Crippen LogP contribution in [0.1, 0.15) is 16.1 Å². The van der Waals surface area contributed by atoms with Crippen molar-refractivity contribution in [3.63, 3.8) is 0 Å². The van der Waals surface area contributed by atoms with Crippen molar-refractivity contribution in [2.24, 2.45) is 7.05 Å². The second-order valence-electron chi connectivity index (χ2n) is 5.32. The van der Waals surface area contributed by atoms with E-state index in [1.54, 1.807) is 22.0 Å². The lowest BCUT2D eigenvalue weighted by Gasteiger charge is -2.16. The number of amides is 1. The van der Waals surface area contributed by atoms with Crippen molar-refractivity contribution in [1.29, 1.82) is 0 Å². The first-order valence-corrected chi connectivity index (χ1v) is 7.23. The van der Waals surface area contributed by atoms with Gasteiger partial charge in [0.15, 0.2) is 5.69 Å². The van der Waals surface area contributed by atoms with Gasteiger partial charge in [0.05, 0.1) is 5.52 Å². The molecule has 0 unspecified atom stereocenters. The maximum absolute atomic E-state index is 12.6. The zero-order valence-corrected chi connectivity index (χ0v) is 12.7. The average molecular weight is 294 g/mol. The van der Waals surface area contributed by atoms with E-state index in [4.69, 9.17) is 0 Å². The number of carbonyl (C=O) groups is 1. The van der Waals surface area contributed by atoms with Gasteiger partial charge in [0.1, 0.15) is 0 Å². The molecule has 0 aliphatic heterocycles. The first-order valence-electron chi connectivity index (χ1n) is 7.23. The molecule has 2 heterocycles. The molecule has 112 valence electrons. The number of para-hydroxylation sites is 1. The van der Waals surface area contributed by atoms with Crippen molar-refractivity contribution in [3.8, 4) is 0 Å². The number of hydrogen-bond acceptors (Lipinski definition) is 3. The van der Waals surface area contributed by atoms with Crippen LogP contribution in [0.4, 0.5) is 0 Å². The zero-order valence-electron chi connectivity index (χ0n) is 12.7. The summed E-state index contributed by atoms with van der Waals surface area (Å²) in [5, 5.41) is 5.28. The topological polar surface area (TPSA) is 51.0 Å². The van der Waals surface area contributed by atoms with Gasteiger partial charge in [0, 0.05) is 38.4 Å². The summed E-state index contributed by atoms with van der Waals surface area (Å²) in [5.74, 6) is -0.0501. The van der Waals surface area contributed by atoms with Crippen LogP contribution in [-0.2, 0) is 13.5 Å². The highest BCUT2D eigenvalue weighted by Gasteiger charge is 2.19. The molecular formula is C17H18N4O. The molecule has 0 N–H and O–H groups in total. The van der Waals surface area contributed by atoms with Gasteiger partial charge in [-0.3, -0.25) is 14.5 Å². The fourth-order valence-corrected chi connectivity index (χ4v) is 2.50. The van der Waals surface area contributed by atoms with Crippen LogP contribution in [-0.4, -0.2) is 39.2 Å². The molecule has 1 aromatic carbocycles. The minimum atomic E-state index is -0.0501. The molecule has 0 atom stereocenters. The van der Waals surface area contributed by atoms with Crippen LogP contribution >= 0.6 is 0 Å². The molecule has 0 spiro atoms. The van der Waals surface area contributed by atoms with Gasteiger partial charge in [-0.1, -0.05) is 18.2 Å². The van der Waals surface area contributed by atoms with Crippen LogP contribution in [0.3, 0.4) is 0 Å². The Bertz CT molecular complexity index is 795. The summed E-state index contributed by atoms with van der Waals surface area (Å²) >= 11 is 0. The van der Waals surface area contributed by atoms with Crippen molar-refractivity contribution < 1.29 is 4.79 Å². The third-order valence-electron chi connectivity index (χ3n) is 3.79. The van der Waals surface area contributed by atoms with E-state index in [1.807, 2.05) is 50.5 Å². The monoisotopic (exact) mass is 294 g/mol. The van der Waals surface area contributed by atoms with Crippen molar-refractivity contribution >= 4 is 16.8 Å². The Morgan fingerprint density at radius 3 is 2.68 bits per heavy atom. The van der Waals surface area contributed by atoms with Gasteiger partial charge in [-0.2, -0.15) is 5.10 Å². The predicted molar refractivity (Wildman–Crippen MR) is 85.6 cm³/mol. The molecule has 3 aromatic rings. The van der Waals surface area contributed by atoms with E-state index in [1.165, 1.54) is 5.56 Å². The Kier molecular flexibility index (Phi) is 3.87. The highest BCUT2D eigenvalue weighted by atomic mass is 16.2. The van der Waals surface area contributed by atoms with Crippen LogP contribution in [0.15, 0.2) is 48.8 Å². The third-order valence-corrected chi connectivity index (χ3v) is 3.79. The van der Waals surface area contributed by atoms with Gasteiger partial charge in [-0.05, 0) is 30.2 Å². The molecule has 3 rings (SSSR count). The Labute approximate surface area is 129 Å². The second-order valence-corrected chi connectivity index (χ2v) is 5.32. The Balaban J connectivity index is 1.77. The van der Waals surface area contributed by atoms with Crippen molar-refractivity contribution in [3.05, 3.63) is 60.0 Å². The summed E-state index contributed by atoms with van der Waals surface area (Å²) in [7, 11) is 3.67. The van der Waals surface area contributed by atoms with Crippen molar-refractivity contribution in [1.82, 2.24) is 19.7 Å². The number of aromatic nitrogens is 3. The lowest BCUT2D eigenvalue weighted by Crippen LogP contribution is -2.29. The van der Waals surface area contributed by atoms with E-state index in [-0.39, 0.29) is 5.91 Å². The van der Waals surface area contributed by atoms with E-state index in [0.29, 0.717) is 12.2 Å². The molecule has 2 aromatic heterocycles. The SMILES string of the molecule is CN(CCc1ccncc1)C(=O)c1nn(C)c2ccccc12. The van der Waals surface area contributed by atoms with Crippen molar-refractivity contribution in [2.45, 2.75) is 6.42 Å². The van der Waals surface area contributed by atoms with Crippen LogP contribution in [0, 0.1) is 0 Å². The highest BCUT2D eigenvalue weighted by Crippen LogP contribution is 2.18. The summed E-state index contributed by atoms with van der Waals surface area (Å²) in [5.41, 5.74) is 2.64. The number of fused-ring (bicyclic) bond motifs is 1. The molecule has 0 radical (unpaired) electrons. The van der Waals surface area contributed by atoms with Gasteiger partial charge in [0.25, 0.3) is 5.91 Å². The maximum Gasteiger partial charge on any atom is 0.274 e. The molecule has 0 fully saturated rings. The smallest absolute Gasteiger partial charge is 0.274 e. The first kappa shape index (κ1) is 14.3. The standard InChI is InChI=1S/C17H18N4O/c1-20(12-9-13-7-10-18-11-8-13)17(22)16-14-5-3-4-6-15(14)21(2)19-16/h3-8,10-11H,9,12H2,1-2H3. The maximum atomic E-state index is 12.6. The lowest BCUT2D eigenvalue weighted by atomic mass is 10.1. The summed E-state index contributed by atoms with van der Waals surface area (Å²) < 4.78 is 1.75. The third kappa shape index (κ3) is 2.70. The second kappa shape index (κ2) is 5.97. The normalized spacial score (nSPS) is 10.8. The summed E-state index contributed by atoms with van der Waals surface area (Å²) in [6.07, 6.45) is 4.34. The van der Waals surface area contributed by atoms with E-state index in [0.717, 1.165) is 17.3 Å². The predicted octanol–water partition coefficient (Wildman–Crippen LogP) is 2.28. The molecule has 5 heteroatoms. The van der Waals surface area contributed by atoms with E-state index < -0.39 is 0 Å². The minimum Gasteiger partial charge on any atom is -0.340 e. The van der Waals surface area contributed by atoms with Gasteiger partial charge < -0.3 is 4.90 Å². The van der Waals surface area contributed by atoms with Crippen LogP contribution < -0.4 is 0 Å². The van der Waals surface area contributed by atoms with Gasteiger partial charge in [-0.15, -0.1) is 0 Å². The van der Waals surface area contributed by atoms with E-state index in [9.17, 15) is 4.79 Å². The lowest BCUT2D eigenvalue weighted by molar-refractivity contribution is 0.0792. The van der Waals surface area contributed by atoms with Crippen LogP contribution in [0.2, 0.25) is 0 Å². The number of benzene rings is 1. The number of rotatable bonds is 4. The molecule has 0 bridgehead atoms. The molecular weight excluding hydrogens is 276 g/mol. The summed E-state index contributed by atoms with van der Waals surface area (Å²) in [6, 6.07) is 11.7. The fourth-order valence-electron chi connectivity index (χ4n) is 2.50. The Morgan fingerprint density at radius 2 is 1.91 bits per heavy atom. The van der Waals surface area contributed by atoms with Gasteiger partial charge >= 0.3 is 0 Å². The average Bonchev–Trinajstić information content (AvgIpc) is 2.90. The molecule has 22 heavy (non-hydrogen) atoms. The molecule has 0 aliphatic carbocycles. The number of pyridine rings is 1. The number of hydrogen-bond donors (Lipinski definition) is 0. The van der Waals surface area contributed by atoms with Crippen molar-refractivity contribution in [2.75, 3.05) is 13.6 Å². The number of carbonyl (C=O) groups excluding carboxylic acids is 1. The van der Waals surface area contributed by atoms with E-state index >= 15 is 0 Å². The summed E-state index contributed by atoms with van der Waals surface area (Å²) in [4.78, 5) is 18.3. The largest absolute Gasteiger partial charge is 0.340 e. The molecule has 5 nitrogen and oxygen atoms in total.